The third-order valence-electron chi connectivity index (χ3n) is 1.64. The number of hydrogen-bond acceptors (Lipinski definition) is 4. The van der Waals surface area contributed by atoms with Crippen LogP contribution in [-0.2, 0) is 14.8 Å². The summed E-state index contributed by atoms with van der Waals surface area (Å²) < 4.78 is 24.6. The predicted octanol–water partition coefficient (Wildman–Crippen LogP) is -0.849. The number of rotatable bonds is 7. The van der Waals surface area contributed by atoms with Gasteiger partial charge in [0.25, 0.3) is 0 Å². The second kappa shape index (κ2) is 5.94. The third kappa shape index (κ3) is 5.90. The lowest BCUT2D eigenvalue weighted by atomic mass is 10.3. The number of aliphatic carboxylic acids is 1. The van der Waals surface area contributed by atoms with Crippen molar-refractivity contribution in [2.45, 2.75) is 25.8 Å². The van der Waals surface area contributed by atoms with Crippen molar-refractivity contribution in [3.63, 3.8) is 0 Å². The molecule has 0 saturated heterocycles. The Morgan fingerprint density at radius 1 is 1.50 bits per heavy atom. The molecule has 0 amide bonds. The molecule has 0 aliphatic carbocycles. The topological polar surface area (TPSA) is 104 Å². The first-order valence-corrected chi connectivity index (χ1v) is 5.89. The van der Waals surface area contributed by atoms with Crippen LogP contribution in [0.4, 0.5) is 0 Å². The summed E-state index contributed by atoms with van der Waals surface area (Å²) in [5.74, 6) is -1.62. The Labute approximate surface area is 83.0 Å². The van der Waals surface area contributed by atoms with E-state index in [2.05, 4.69) is 4.72 Å². The van der Waals surface area contributed by atoms with E-state index in [-0.39, 0.29) is 6.61 Å². The van der Waals surface area contributed by atoms with Gasteiger partial charge < -0.3 is 10.2 Å². The molecule has 0 aliphatic heterocycles. The zero-order chi connectivity index (χ0) is 11.2. The first-order chi connectivity index (χ1) is 6.41. The lowest BCUT2D eigenvalue weighted by Gasteiger charge is -2.13. The predicted molar refractivity (Wildman–Crippen MR) is 50.3 cm³/mol. The minimum atomic E-state index is -3.59. The van der Waals surface area contributed by atoms with Gasteiger partial charge in [-0.3, -0.25) is 4.79 Å². The summed E-state index contributed by atoms with van der Waals surface area (Å²) in [5, 5.41) is 17.0. The van der Waals surface area contributed by atoms with E-state index < -0.39 is 34.2 Å². The first-order valence-electron chi connectivity index (χ1n) is 4.24. The number of hydrogen-bond donors (Lipinski definition) is 3. The van der Waals surface area contributed by atoms with Crippen LogP contribution in [0.25, 0.3) is 0 Å². The highest BCUT2D eigenvalue weighted by atomic mass is 32.2. The molecule has 1 unspecified atom stereocenters. The minimum Gasteiger partial charge on any atom is -0.481 e. The Balaban J connectivity index is 4.13. The molecule has 0 aromatic carbocycles. The van der Waals surface area contributed by atoms with E-state index in [1.807, 2.05) is 0 Å². The molecule has 3 N–H and O–H groups in total. The van der Waals surface area contributed by atoms with Gasteiger partial charge in [0.05, 0.1) is 18.8 Å². The van der Waals surface area contributed by atoms with Crippen LogP contribution in [0.15, 0.2) is 0 Å². The number of carboxylic acid groups (broad SMARTS) is 1. The normalized spacial score (nSPS) is 13.9. The molecule has 84 valence electrons. The van der Waals surface area contributed by atoms with Gasteiger partial charge in [-0.05, 0) is 6.42 Å². The quantitative estimate of drug-likeness (QED) is 0.523. The number of sulfonamides is 1. The van der Waals surface area contributed by atoms with Gasteiger partial charge in [0.1, 0.15) is 0 Å². The van der Waals surface area contributed by atoms with Crippen LogP contribution >= 0.6 is 0 Å². The lowest BCUT2D eigenvalue weighted by molar-refractivity contribution is -0.136. The van der Waals surface area contributed by atoms with Gasteiger partial charge in [0, 0.05) is 6.04 Å². The second-order valence-corrected chi connectivity index (χ2v) is 4.74. The number of nitrogens with one attached hydrogen (secondary N) is 1. The van der Waals surface area contributed by atoms with Gasteiger partial charge in [0.15, 0.2) is 0 Å². The Morgan fingerprint density at radius 2 is 2.07 bits per heavy atom. The van der Waals surface area contributed by atoms with Crippen molar-refractivity contribution in [2.75, 3.05) is 12.4 Å². The zero-order valence-electron chi connectivity index (χ0n) is 7.93. The number of aliphatic hydroxyl groups excluding tert-OH is 1. The van der Waals surface area contributed by atoms with Crippen molar-refractivity contribution >= 4 is 16.0 Å². The fourth-order valence-electron chi connectivity index (χ4n) is 0.784. The fraction of sp³-hybridized carbons (Fsp3) is 0.857. The van der Waals surface area contributed by atoms with Gasteiger partial charge in [-0.1, -0.05) is 6.92 Å². The van der Waals surface area contributed by atoms with E-state index in [0.717, 1.165) is 0 Å². The number of carbonyl (C=O) groups is 1. The molecular formula is C7H15NO5S. The van der Waals surface area contributed by atoms with E-state index in [1.54, 1.807) is 6.92 Å². The molecule has 6 nitrogen and oxygen atoms in total. The molecule has 14 heavy (non-hydrogen) atoms. The molecule has 0 fully saturated rings. The maximum absolute atomic E-state index is 11.2. The van der Waals surface area contributed by atoms with Crippen LogP contribution in [0.2, 0.25) is 0 Å². The van der Waals surface area contributed by atoms with Crippen molar-refractivity contribution in [3.05, 3.63) is 0 Å². The maximum Gasteiger partial charge on any atom is 0.304 e. The van der Waals surface area contributed by atoms with Crippen LogP contribution in [0.1, 0.15) is 19.8 Å². The summed E-state index contributed by atoms with van der Waals surface area (Å²) in [6.45, 7) is 1.43. The van der Waals surface area contributed by atoms with Crippen molar-refractivity contribution in [3.8, 4) is 0 Å². The van der Waals surface area contributed by atoms with Crippen molar-refractivity contribution in [1.29, 1.82) is 0 Å². The Morgan fingerprint density at radius 3 is 2.43 bits per heavy atom. The summed E-state index contributed by atoms with van der Waals surface area (Å²) in [6, 6.07) is -0.534. The highest BCUT2D eigenvalue weighted by molar-refractivity contribution is 7.89. The second-order valence-electron chi connectivity index (χ2n) is 2.87. The Bertz CT molecular complexity index is 270. The summed E-state index contributed by atoms with van der Waals surface area (Å²) in [6.07, 6.45) is 0.0278. The lowest BCUT2D eigenvalue weighted by Crippen LogP contribution is -2.38. The molecule has 0 bridgehead atoms. The van der Waals surface area contributed by atoms with Crippen LogP contribution in [-0.4, -0.2) is 43.0 Å². The molecular weight excluding hydrogens is 210 g/mol. The van der Waals surface area contributed by atoms with Crippen molar-refractivity contribution in [1.82, 2.24) is 4.72 Å². The third-order valence-corrected chi connectivity index (χ3v) is 3.08. The monoisotopic (exact) mass is 225 g/mol. The van der Waals surface area contributed by atoms with Gasteiger partial charge in [-0.15, -0.1) is 0 Å². The number of aliphatic hydroxyl groups is 1. The molecule has 0 spiro atoms. The maximum atomic E-state index is 11.2. The SMILES string of the molecule is CCC(CO)NS(=O)(=O)CCC(=O)O. The first kappa shape index (κ1) is 13.3. The smallest absolute Gasteiger partial charge is 0.304 e. The van der Waals surface area contributed by atoms with Gasteiger partial charge in [0.2, 0.25) is 10.0 Å². The van der Waals surface area contributed by atoms with E-state index in [0.29, 0.717) is 6.42 Å². The summed E-state index contributed by atoms with van der Waals surface area (Å²) in [4.78, 5) is 10.1. The highest BCUT2D eigenvalue weighted by Crippen LogP contribution is 1.96. The van der Waals surface area contributed by atoms with Gasteiger partial charge in [-0.2, -0.15) is 0 Å². The molecule has 1 atom stereocenters. The fourth-order valence-corrected chi connectivity index (χ4v) is 2.09. The molecule has 0 aromatic heterocycles. The summed E-state index contributed by atoms with van der Waals surface area (Å²) in [5.41, 5.74) is 0. The standard InChI is InChI=1S/C7H15NO5S/c1-2-6(5-9)8-14(12,13)4-3-7(10)11/h6,8-9H,2-5H2,1H3,(H,10,11). The minimum absolute atomic E-state index is 0.289. The van der Waals surface area contributed by atoms with Crippen LogP contribution in [0.5, 0.6) is 0 Å². The Hall–Kier alpha value is -0.660. The van der Waals surface area contributed by atoms with Gasteiger partial charge >= 0.3 is 5.97 Å². The summed E-state index contributed by atoms with van der Waals surface area (Å²) in [7, 11) is -3.59. The van der Waals surface area contributed by atoms with Gasteiger partial charge in [-0.25, -0.2) is 13.1 Å². The van der Waals surface area contributed by atoms with E-state index in [1.165, 1.54) is 0 Å². The summed E-state index contributed by atoms with van der Waals surface area (Å²) >= 11 is 0. The average Bonchev–Trinajstić information content (AvgIpc) is 2.11. The largest absolute Gasteiger partial charge is 0.481 e. The molecule has 0 heterocycles. The highest BCUT2D eigenvalue weighted by Gasteiger charge is 2.16. The molecule has 0 rings (SSSR count). The molecule has 7 heteroatoms. The van der Waals surface area contributed by atoms with Crippen LogP contribution in [0.3, 0.4) is 0 Å². The molecule has 0 saturated carbocycles. The zero-order valence-corrected chi connectivity index (χ0v) is 8.75. The molecule has 0 radical (unpaired) electrons. The number of carboxylic acids is 1. The Kier molecular flexibility index (Phi) is 5.66. The van der Waals surface area contributed by atoms with Crippen LogP contribution in [0, 0.1) is 0 Å². The van der Waals surface area contributed by atoms with E-state index in [4.69, 9.17) is 10.2 Å². The molecule has 0 aliphatic rings. The van der Waals surface area contributed by atoms with E-state index in [9.17, 15) is 13.2 Å². The van der Waals surface area contributed by atoms with Crippen molar-refractivity contribution < 1.29 is 23.4 Å². The molecule has 0 aromatic rings. The van der Waals surface area contributed by atoms with Crippen LogP contribution < -0.4 is 4.72 Å². The average molecular weight is 225 g/mol. The van der Waals surface area contributed by atoms with E-state index >= 15 is 0 Å². The van der Waals surface area contributed by atoms with Crippen molar-refractivity contribution in [2.24, 2.45) is 0 Å².